The first-order valence-corrected chi connectivity index (χ1v) is 7.19. The Kier molecular flexibility index (Phi) is 4.34. The standard InChI is InChI=1S/C17H15FN2O3/c1-2-22-11-20-16(13-7-9-19-10-8-13)15(17(21)23-20)12-3-5-14(18)6-4-12/h3-10H,2,11H2,1H3. The zero-order valence-electron chi connectivity index (χ0n) is 12.5. The quantitative estimate of drug-likeness (QED) is 0.725. The molecule has 0 fully saturated rings. The van der Waals surface area contributed by atoms with Crippen molar-refractivity contribution in [3.8, 4) is 22.4 Å². The molecule has 0 radical (unpaired) electrons. The number of benzene rings is 1. The van der Waals surface area contributed by atoms with Gasteiger partial charge in [0.2, 0.25) is 0 Å². The van der Waals surface area contributed by atoms with Crippen LogP contribution >= 0.6 is 0 Å². The van der Waals surface area contributed by atoms with Gasteiger partial charge >= 0.3 is 5.63 Å². The maximum Gasteiger partial charge on any atom is 0.366 e. The van der Waals surface area contributed by atoms with Crippen LogP contribution in [-0.2, 0) is 11.5 Å². The summed E-state index contributed by atoms with van der Waals surface area (Å²) < 4.78 is 25.2. The first-order valence-electron chi connectivity index (χ1n) is 7.19. The summed E-state index contributed by atoms with van der Waals surface area (Å²) in [6.45, 7) is 2.46. The van der Waals surface area contributed by atoms with Crippen molar-refractivity contribution in [3.63, 3.8) is 0 Å². The predicted octanol–water partition coefficient (Wildman–Crippen LogP) is 3.30. The Morgan fingerprint density at radius 3 is 2.48 bits per heavy atom. The van der Waals surface area contributed by atoms with Crippen LogP contribution in [0.3, 0.4) is 0 Å². The number of rotatable bonds is 5. The second-order valence-corrected chi connectivity index (χ2v) is 4.85. The van der Waals surface area contributed by atoms with Gasteiger partial charge in [0.05, 0.1) is 5.56 Å². The highest BCUT2D eigenvalue weighted by Gasteiger charge is 2.20. The molecule has 3 aromatic rings. The van der Waals surface area contributed by atoms with Gasteiger partial charge in [-0.1, -0.05) is 12.1 Å². The van der Waals surface area contributed by atoms with E-state index in [1.165, 1.54) is 16.9 Å². The summed E-state index contributed by atoms with van der Waals surface area (Å²) in [6, 6.07) is 9.28. The molecule has 6 heteroatoms. The van der Waals surface area contributed by atoms with Crippen molar-refractivity contribution in [2.45, 2.75) is 13.7 Å². The van der Waals surface area contributed by atoms with E-state index in [1.54, 1.807) is 36.7 Å². The van der Waals surface area contributed by atoms with Crippen LogP contribution in [0.1, 0.15) is 6.92 Å². The molecule has 0 bridgehead atoms. The summed E-state index contributed by atoms with van der Waals surface area (Å²) in [6.07, 6.45) is 3.26. The molecular weight excluding hydrogens is 299 g/mol. The average molecular weight is 314 g/mol. The molecule has 0 N–H and O–H groups in total. The van der Waals surface area contributed by atoms with E-state index in [0.29, 0.717) is 23.4 Å². The van der Waals surface area contributed by atoms with E-state index in [2.05, 4.69) is 4.98 Å². The lowest BCUT2D eigenvalue weighted by Crippen LogP contribution is -2.03. The highest BCUT2D eigenvalue weighted by atomic mass is 19.1. The van der Waals surface area contributed by atoms with Gasteiger partial charge in [-0.2, -0.15) is 4.74 Å². The summed E-state index contributed by atoms with van der Waals surface area (Å²) in [4.78, 5) is 16.3. The fourth-order valence-corrected chi connectivity index (χ4v) is 2.35. The van der Waals surface area contributed by atoms with Crippen molar-refractivity contribution >= 4 is 0 Å². The molecule has 2 aromatic heterocycles. The molecule has 1 aromatic carbocycles. The number of hydrogen-bond donors (Lipinski definition) is 0. The second kappa shape index (κ2) is 6.58. The molecule has 0 aliphatic carbocycles. The third-order valence-electron chi connectivity index (χ3n) is 3.38. The van der Waals surface area contributed by atoms with Crippen LogP contribution in [0.4, 0.5) is 4.39 Å². The molecular formula is C17H15FN2O3. The van der Waals surface area contributed by atoms with Gasteiger partial charge in [0.1, 0.15) is 11.5 Å². The molecule has 0 amide bonds. The topological polar surface area (TPSA) is 57.3 Å². The van der Waals surface area contributed by atoms with Gasteiger partial charge in [0.25, 0.3) is 0 Å². The van der Waals surface area contributed by atoms with Crippen LogP contribution in [0.2, 0.25) is 0 Å². The van der Waals surface area contributed by atoms with Gasteiger partial charge in [-0.05, 0) is 36.8 Å². The van der Waals surface area contributed by atoms with Gasteiger partial charge in [0, 0.05) is 24.6 Å². The molecule has 0 atom stereocenters. The largest absolute Gasteiger partial charge is 0.366 e. The molecule has 0 spiro atoms. The second-order valence-electron chi connectivity index (χ2n) is 4.85. The van der Waals surface area contributed by atoms with Crippen molar-refractivity contribution < 1.29 is 13.7 Å². The molecule has 0 aliphatic heterocycles. The lowest BCUT2D eigenvalue weighted by Gasteiger charge is -2.08. The zero-order valence-corrected chi connectivity index (χ0v) is 12.5. The number of pyridine rings is 1. The molecule has 118 valence electrons. The summed E-state index contributed by atoms with van der Waals surface area (Å²) in [7, 11) is 0. The number of nitrogens with zero attached hydrogens (tertiary/aromatic N) is 2. The Morgan fingerprint density at radius 1 is 1.13 bits per heavy atom. The van der Waals surface area contributed by atoms with Crippen molar-refractivity contribution in [2.75, 3.05) is 6.61 Å². The molecule has 0 saturated heterocycles. The maximum atomic E-state index is 13.2. The smallest absolute Gasteiger partial charge is 0.358 e. The summed E-state index contributed by atoms with van der Waals surface area (Å²) in [5.41, 5.74) is 1.81. The summed E-state index contributed by atoms with van der Waals surface area (Å²) in [5, 5.41) is 0. The first kappa shape index (κ1) is 15.2. The molecule has 2 heterocycles. The number of halogens is 1. The molecule has 3 rings (SSSR count). The van der Waals surface area contributed by atoms with Crippen LogP contribution in [0.5, 0.6) is 0 Å². The molecule has 0 saturated carbocycles. The van der Waals surface area contributed by atoms with Crippen LogP contribution < -0.4 is 5.63 Å². The van der Waals surface area contributed by atoms with Crippen molar-refractivity contribution in [3.05, 3.63) is 65.0 Å². The Balaban J connectivity index is 2.20. The van der Waals surface area contributed by atoms with E-state index in [4.69, 9.17) is 9.26 Å². The van der Waals surface area contributed by atoms with E-state index < -0.39 is 5.63 Å². The summed E-state index contributed by atoms with van der Waals surface area (Å²) in [5.74, 6) is -0.364. The van der Waals surface area contributed by atoms with Gasteiger partial charge in [-0.25, -0.2) is 9.18 Å². The van der Waals surface area contributed by atoms with Gasteiger partial charge in [0.15, 0.2) is 6.73 Å². The van der Waals surface area contributed by atoms with Gasteiger partial charge < -0.3 is 9.26 Å². The van der Waals surface area contributed by atoms with Gasteiger partial charge in [-0.3, -0.25) is 4.98 Å². The Bertz CT molecular complexity index is 839. The van der Waals surface area contributed by atoms with E-state index in [1.807, 2.05) is 6.92 Å². The fraction of sp³-hybridized carbons (Fsp3) is 0.176. The molecule has 5 nitrogen and oxygen atoms in total. The van der Waals surface area contributed by atoms with E-state index >= 15 is 0 Å². The Labute approximate surface area is 131 Å². The maximum absolute atomic E-state index is 13.2. The minimum atomic E-state index is -0.497. The molecule has 23 heavy (non-hydrogen) atoms. The van der Waals surface area contributed by atoms with Crippen molar-refractivity contribution in [2.24, 2.45) is 0 Å². The number of ether oxygens (including phenoxy) is 1. The van der Waals surface area contributed by atoms with E-state index in [-0.39, 0.29) is 12.5 Å². The van der Waals surface area contributed by atoms with E-state index in [0.717, 1.165) is 5.56 Å². The third kappa shape index (κ3) is 3.07. The van der Waals surface area contributed by atoms with Crippen LogP contribution in [0.25, 0.3) is 22.4 Å². The van der Waals surface area contributed by atoms with Crippen molar-refractivity contribution in [1.82, 2.24) is 9.72 Å². The van der Waals surface area contributed by atoms with Gasteiger partial charge in [-0.15, -0.1) is 0 Å². The minimum Gasteiger partial charge on any atom is -0.358 e. The highest BCUT2D eigenvalue weighted by molar-refractivity contribution is 5.79. The number of hydrogen-bond acceptors (Lipinski definition) is 4. The monoisotopic (exact) mass is 314 g/mol. The lowest BCUT2D eigenvalue weighted by molar-refractivity contribution is 0.0315. The lowest BCUT2D eigenvalue weighted by atomic mass is 10.0. The minimum absolute atomic E-state index is 0.116. The van der Waals surface area contributed by atoms with Crippen LogP contribution in [0.15, 0.2) is 58.1 Å². The van der Waals surface area contributed by atoms with E-state index in [9.17, 15) is 9.18 Å². The van der Waals surface area contributed by atoms with Crippen LogP contribution in [-0.4, -0.2) is 16.3 Å². The first-order chi connectivity index (χ1) is 11.2. The average Bonchev–Trinajstić information content (AvgIpc) is 2.91. The summed E-state index contributed by atoms with van der Waals surface area (Å²) >= 11 is 0. The molecule has 0 aliphatic rings. The zero-order chi connectivity index (χ0) is 16.2. The fourth-order valence-electron chi connectivity index (χ4n) is 2.35. The normalized spacial score (nSPS) is 10.9. The predicted molar refractivity (Wildman–Crippen MR) is 83.2 cm³/mol. The Morgan fingerprint density at radius 2 is 1.83 bits per heavy atom. The highest BCUT2D eigenvalue weighted by Crippen LogP contribution is 2.30. The third-order valence-corrected chi connectivity index (χ3v) is 3.38. The molecule has 0 unspecified atom stereocenters. The number of aromatic nitrogens is 2. The Hall–Kier alpha value is -2.73. The van der Waals surface area contributed by atoms with Crippen LogP contribution in [0, 0.1) is 5.82 Å². The SMILES string of the molecule is CCOCn1oc(=O)c(-c2ccc(F)cc2)c1-c1ccncc1. The van der Waals surface area contributed by atoms with Crippen molar-refractivity contribution in [1.29, 1.82) is 0 Å².